The molecule has 24 heavy (non-hydrogen) atoms. The number of hydrogen-bond donors (Lipinski definition) is 0. The Morgan fingerprint density at radius 1 is 0.542 bits per heavy atom. The Labute approximate surface area is 136 Å². The highest BCUT2D eigenvalue weighted by Crippen LogP contribution is 2.51. The molecule has 0 N–H and O–H groups in total. The zero-order chi connectivity index (χ0) is 18.1. The van der Waals surface area contributed by atoms with Crippen molar-refractivity contribution in [3.05, 3.63) is 70.8 Å². The molecule has 0 amide bonds. The van der Waals surface area contributed by atoms with Crippen LogP contribution in [-0.2, 0) is 0 Å². The van der Waals surface area contributed by atoms with Gasteiger partial charge in [-0.1, -0.05) is 59.7 Å². The zero-order valence-corrected chi connectivity index (χ0v) is 13.0. The third-order valence-corrected chi connectivity index (χ3v) is 3.91. The molecule has 0 saturated heterocycles. The number of alkyl halides is 6. The minimum absolute atomic E-state index is 0.393. The predicted octanol–water partition coefficient (Wildman–Crippen LogP) is 6.30. The van der Waals surface area contributed by atoms with Gasteiger partial charge in [0.15, 0.2) is 0 Å². The van der Waals surface area contributed by atoms with Crippen LogP contribution in [0, 0.1) is 13.8 Å². The fourth-order valence-corrected chi connectivity index (χ4v) is 2.69. The molecular formula is C18H16F6. The van der Waals surface area contributed by atoms with E-state index in [4.69, 9.17) is 0 Å². The van der Waals surface area contributed by atoms with E-state index in [1.807, 2.05) is 0 Å². The van der Waals surface area contributed by atoms with Crippen LogP contribution < -0.4 is 0 Å². The molecule has 2 aromatic rings. The summed E-state index contributed by atoms with van der Waals surface area (Å²) >= 11 is 0. The highest BCUT2D eigenvalue weighted by molar-refractivity contribution is 5.34. The van der Waals surface area contributed by atoms with Crippen molar-refractivity contribution in [2.75, 3.05) is 0 Å². The van der Waals surface area contributed by atoms with Crippen LogP contribution in [0.5, 0.6) is 0 Å². The molecule has 0 saturated carbocycles. The van der Waals surface area contributed by atoms with Gasteiger partial charge in [0.1, 0.15) is 0 Å². The van der Waals surface area contributed by atoms with Crippen LogP contribution in [0.4, 0.5) is 26.3 Å². The van der Waals surface area contributed by atoms with Crippen LogP contribution in [0.2, 0.25) is 0 Å². The number of hydrogen-bond acceptors (Lipinski definition) is 0. The maximum absolute atomic E-state index is 13.6. The van der Waals surface area contributed by atoms with E-state index in [0.29, 0.717) is 11.1 Å². The average molecular weight is 346 g/mol. The molecule has 2 unspecified atom stereocenters. The summed E-state index contributed by atoms with van der Waals surface area (Å²) in [4.78, 5) is 0. The van der Waals surface area contributed by atoms with Gasteiger partial charge in [0.05, 0.1) is 11.8 Å². The summed E-state index contributed by atoms with van der Waals surface area (Å²) in [5.41, 5.74) is 0.573. The van der Waals surface area contributed by atoms with Crippen molar-refractivity contribution in [3.63, 3.8) is 0 Å². The molecule has 0 radical (unpaired) electrons. The number of benzene rings is 2. The number of rotatable bonds is 3. The van der Waals surface area contributed by atoms with E-state index >= 15 is 0 Å². The van der Waals surface area contributed by atoms with Gasteiger partial charge < -0.3 is 0 Å². The molecule has 0 aliphatic heterocycles. The van der Waals surface area contributed by atoms with Crippen molar-refractivity contribution < 1.29 is 26.3 Å². The van der Waals surface area contributed by atoms with Crippen LogP contribution in [0.15, 0.2) is 48.5 Å². The minimum atomic E-state index is -5.03. The van der Waals surface area contributed by atoms with E-state index in [1.165, 1.54) is 24.3 Å². The summed E-state index contributed by atoms with van der Waals surface area (Å²) in [6, 6.07) is 9.99. The zero-order valence-electron chi connectivity index (χ0n) is 13.0. The van der Waals surface area contributed by atoms with Crippen molar-refractivity contribution in [2.45, 2.75) is 38.0 Å². The second-order valence-electron chi connectivity index (χ2n) is 5.86. The highest BCUT2D eigenvalue weighted by Gasteiger charge is 2.56. The summed E-state index contributed by atoms with van der Waals surface area (Å²) in [5.74, 6) is -5.30. The van der Waals surface area contributed by atoms with E-state index in [1.54, 1.807) is 13.8 Å². The van der Waals surface area contributed by atoms with Gasteiger partial charge in [-0.2, -0.15) is 26.3 Å². The summed E-state index contributed by atoms with van der Waals surface area (Å²) in [6.07, 6.45) is -10.1. The standard InChI is InChI=1S/C18H16F6/c1-11-3-7-13(8-4-11)15(17(19,20)21)16(18(22,23)24)14-9-5-12(2)6-10-14/h3-10,15-16H,1-2H3. The van der Waals surface area contributed by atoms with Crippen LogP contribution >= 0.6 is 0 Å². The third kappa shape index (κ3) is 4.10. The summed E-state index contributed by atoms with van der Waals surface area (Å²) in [6.45, 7) is 3.32. The second kappa shape index (κ2) is 6.49. The third-order valence-electron chi connectivity index (χ3n) is 3.91. The molecule has 0 aliphatic rings. The lowest BCUT2D eigenvalue weighted by Gasteiger charge is -2.31. The van der Waals surface area contributed by atoms with Gasteiger partial charge in [-0.05, 0) is 25.0 Å². The van der Waals surface area contributed by atoms with Crippen molar-refractivity contribution in [3.8, 4) is 0 Å². The van der Waals surface area contributed by atoms with Crippen molar-refractivity contribution in [2.24, 2.45) is 0 Å². The van der Waals surface area contributed by atoms with Gasteiger partial charge in [0.25, 0.3) is 0 Å². The minimum Gasteiger partial charge on any atom is -0.170 e. The first-order valence-corrected chi connectivity index (χ1v) is 7.26. The molecule has 0 bridgehead atoms. The Morgan fingerprint density at radius 3 is 1.00 bits per heavy atom. The molecule has 2 aromatic carbocycles. The molecule has 0 heterocycles. The molecular weight excluding hydrogens is 330 g/mol. The lowest BCUT2D eigenvalue weighted by atomic mass is 9.80. The van der Waals surface area contributed by atoms with Crippen molar-refractivity contribution in [1.29, 1.82) is 0 Å². The normalized spacial score (nSPS) is 15.2. The van der Waals surface area contributed by atoms with E-state index in [9.17, 15) is 26.3 Å². The molecule has 0 spiro atoms. The van der Waals surface area contributed by atoms with Gasteiger partial charge in [0, 0.05) is 0 Å². The molecule has 0 nitrogen and oxygen atoms in total. The van der Waals surface area contributed by atoms with Crippen LogP contribution in [0.1, 0.15) is 34.1 Å². The number of aryl methyl sites for hydroxylation is 2. The molecule has 0 aliphatic carbocycles. The Kier molecular flexibility index (Phi) is 4.97. The Bertz CT molecular complexity index is 603. The van der Waals surface area contributed by atoms with Crippen LogP contribution in [0.25, 0.3) is 0 Å². The van der Waals surface area contributed by atoms with E-state index in [-0.39, 0.29) is 0 Å². The predicted molar refractivity (Wildman–Crippen MR) is 80.0 cm³/mol. The lowest BCUT2D eigenvalue weighted by molar-refractivity contribution is -0.211. The largest absolute Gasteiger partial charge is 0.396 e. The van der Waals surface area contributed by atoms with E-state index < -0.39 is 35.3 Å². The Morgan fingerprint density at radius 2 is 0.792 bits per heavy atom. The average Bonchev–Trinajstić information content (AvgIpc) is 2.45. The maximum Gasteiger partial charge on any atom is 0.396 e. The second-order valence-corrected chi connectivity index (χ2v) is 5.86. The first-order valence-electron chi connectivity index (χ1n) is 7.26. The summed E-state index contributed by atoms with van der Waals surface area (Å²) < 4.78 is 81.3. The van der Waals surface area contributed by atoms with Crippen molar-refractivity contribution in [1.82, 2.24) is 0 Å². The van der Waals surface area contributed by atoms with E-state index in [0.717, 1.165) is 24.3 Å². The first kappa shape index (κ1) is 18.4. The SMILES string of the molecule is Cc1ccc(C(C(c2ccc(C)cc2)C(F)(F)F)C(F)(F)F)cc1. The molecule has 130 valence electrons. The Balaban J connectivity index is 2.61. The van der Waals surface area contributed by atoms with Gasteiger partial charge >= 0.3 is 12.4 Å². The first-order chi connectivity index (χ1) is 11.0. The Hall–Kier alpha value is -1.98. The van der Waals surface area contributed by atoms with Crippen LogP contribution in [-0.4, -0.2) is 12.4 Å². The fraction of sp³-hybridized carbons (Fsp3) is 0.333. The van der Waals surface area contributed by atoms with Gasteiger partial charge in [0.2, 0.25) is 0 Å². The molecule has 6 heteroatoms. The maximum atomic E-state index is 13.6. The van der Waals surface area contributed by atoms with E-state index in [2.05, 4.69) is 0 Å². The fourth-order valence-electron chi connectivity index (χ4n) is 2.69. The topological polar surface area (TPSA) is 0 Å². The highest BCUT2D eigenvalue weighted by atomic mass is 19.4. The molecule has 2 rings (SSSR count). The van der Waals surface area contributed by atoms with Crippen LogP contribution in [0.3, 0.4) is 0 Å². The summed E-state index contributed by atoms with van der Waals surface area (Å²) in [5, 5.41) is 0. The van der Waals surface area contributed by atoms with Gasteiger partial charge in [-0.15, -0.1) is 0 Å². The summed E-state index contributed by atoms with van der Waals surface area (Å²) in [7, 11) is 0. The molecule has 0 fully saturated rings. The lowest BCUT2D eigenvalue weighted by Crippen LogP contribution is -2.35. The smallest absolute Gasteiger partial charge is 0.170 e. The van der Waals surface area contributed by atoms with Gasteiger partial charge in [-0.3, -0.25) is 0 Å². The molecule has 2 atom stereocenters. The molecule has 0 aromatic heterocycles. The number of halogens is 6. The quantitative estimate of drug-likeness (QED) is 0.573. The monoisotopic (exact) mass is 346 g/mol. The van der Waals surface area contributed by atoms with Gasteiger partial charge in [-0.25, -0.2) is 0 Å². The van der Waals surface area contributed by atoms with Crippen molar-refractivity contribution >= 4 is 0 Å².